The molecule has 0 fully saturated rings. The van der Waals surface area contributed by atoms with Crippen molar-refractivity contribution in [3.8, 4) is 0 Å². The average molecular weight is 206 g/mol. The Labute approximate surface area is 87.6 Å². The van der Waals surface area contributed by atoms with Crippen LogP contribution >= 0.6 is 0 Å². The van der Waals surface area contributed by atoms with Crippen LogP contribution in [0.25, 0.3) is 5.65 Å². The maximum Gasteiger partial charge on any atom is 0.140 e. The first-order chi connectivity index (χ1) is 7.22. The smallest absolute Gasteiger partial charge is 0.140 e. The third-order valence-electron chi connectivity index (χ3n) is 2.41. The summed E-state index contributed by atoms with van der Waals surface area (Å²) in [5.74, 6) is 0.877. The molecule has 0 saturated heterocycles. The predicted octanol–water partition coefficient (Wildman–Crippen LogP) is 0.420. The SMILES string of the molecule is Cc1nccc2nc(C(N)CCO)cn12. The van der Waals surface area contributed by atoms with Gasteiger partial charge in [-0.3, -0.25) is 4.40 Å². The molecule has 2 heterocycles. The van der Waals surface area contributed by atoms with Gasteiger partial charge in [-0.05, 0) is 19.4 Å². The number of nitrogens with zero attached hydrogens (tertiary/aromatic N) is 3. The fraction of sp³-hybridized carbons (Fsp3) is 0.400. The Bertz CT molecular complexity index is 465. The lowest BCUT2D eigenvalue weighted by molar-refractivity contribution is 0.276. The molecule has 1 atom stereocenters. The third-order valence-corrected chi connectivity index (χ3v) is 2.41. The maximum absolute atomic E-state index is 8.80. The highest BCUT2D eigenvalue weighted by Gasteiger charge is 2.10. The molecule has 2 aromatic rings. The molecular formula is C10H14N4O. The molecule has 0 aliphatic heterocycles. The first-order valence-electron chi connectivity index (χ1n) is 4.89. The average Bonchev–Trinajstić information content (AvgIpc) is 2.63. The van der Waals surface area contributed by atoms with Crippen LogP contribution in [-0.2, 0) is 0 Å². The Morgan fingerprint density at radius 1 is 1.60 bits per heavy atom. The molecule has 3 N–H and O–H groups in total. The number of aliphatic hydroxyl groups excluding tert-OH is 1. The molecule has 0 aliphatic rings. The molecule has 0 aliphatic carbocycles. The molecule has 80 valence electrons. The lowest BCUT2D eigenvalue weighted by Crippen LogP contribution is -2.12. The van der Waals surface area contributed by atoms with Crippen molar-refractivity contribution in [2.75, 3.05) is 6.61 Å². The number of imidazole rings is 1. The molecule has 5 nitrogen and oxygen atoms in total. The number of aromatic nitrogens is 3. The fourth-order valence-corrected chi connectivity index (χ4v) is 1.53. The molecular weight excluding hydrogens is 192 g/mol. The van der Waals surface area contributed by atoms with E-state index in [1.54, 1.807) is 6.20 Å². The molecule has 5 heteroatoms. The summed E-state index contributed by atoms with van der Waals surface area (Å²) in [7, 11) is 0. The van der Waals surface area contributed by atoms with E-state index in [-0.39, 0.29) is 12.6 Å². The van der Waals surface area contributed by atoms with Gasteiger partial charge in [-0.15, -0.1) is 0 Å². The van der Waals surface area contributed by atoms with Crippen LogP contribution in [-0.4, -0.2) is 26.1 Å². The lowest BCUT2D eigenvalue weighted by atomic mass is 10.2. The molecule has 0 bridgehead atoms. The number of aryl methyl sites for hydroxylation is 1. The number of aliphatic hydroxyl groups is 1. The van der Waals surface area contributed by atoms with E-state index in [4.69, 9.17) is 10.8 Å². The predicted molar refractivity (Wildman–Crippen MR) is 56.4 cm³/mol. The van der Waals surface area contributed by atoms with Gasteiger partial charge in [-0.1, -0.05) is 0 Å². The van der Waals surface area contributed by atoms with Crippen molar-refractivity contribution in [2.24, 2.45) is 5.73 Å². The zero-order chi connectivity index (χ0) is 10.8. The second-order valence-corrected chi connectivity index (χ2v) is 3.50. The number of fused-ring (bicyclic) bond motifs is 1. The molecule has 15 heavy (non-hydrogen) atoms. The van der Waals surface area contributed by atoms with Gasteiger partial charge in [-0.25, -0.2) is 9.97 Å². The van der Waals surface area contributed by atoms with Crippen LogP contribution in [0, 0.1) is 6.92 Å². The van der Waals surface area contributed by atoms with Gasteiger partial charge in [0.2, 0.25) is 0 Å². The van der Waals surface area contributed by atoms with Gasteiger partial charge in [0.15, 0.2) is 0 Å². The van der Waals surface area contributed by atoms with Gasteiger partial charge in [0.1, 0.15) is 11.5 Å². The molecule has 0 radical (unpaired) electrons. The molecule has 0 amide bonds. The Morgan fingerprint density at radius 3 is 3.07 bits per heavy atom. The van der Waals surface area contributed by atoms with Crippen molar-refractivity contribution >= 4 is 5.65 Å². The number of hydrogen-bond donors (Lipinski definition) is 2. The van der Waals surface area contributed by atoms with Crippen molar-refractivity contribution in [1.29, 1.82) is 0 Å². The van der Waals surface area contributed by atoms with Gasteiger partial charge < -0.3 is 10.8 Å². The highest BCUT2D eigenvalue weighted by atomic mass is 16.3. The van der Waals surface area contributed by atoms with Crippen LogP contribution in [0.1, 0.15) is 24.0 Å². The van der Waals surface area contributed by atoms with Crippen molar-refractivity contribution in [3.63, 3.8) is 0 Å². The monoisotopic (exact) mass is 206 g/mol. The molecule has 0 spiro atoms. The van der Waals surface area contributed by atoms with Crippen molar-refractivity contribution in [1.82, 2.24) is 14.4 Å². The number of nitrogens with two attached hydrogens (primary N) is 1. The standard InChI is InChI=1S/C10H14N4O/c1-7-12-4-2-10-13-9(6-14(7)10)8(11)3-5-15/h2,4,6,8,15H,3,5,11H2,1H3. The van der Waals surface area contributed by atoms with Crippen molar-refractivity contribution in [3.05, 3.63) is 30.0 Å². The second-order valence-electron chi connectivity index (χ2n) is 3.50. The Morgan fingerprint density at radius 2 is 2.40 bits per heavy atom. The van der Waals surface area contributed by atoms with E-state index in [2.05, 4.69) is 9.97 Å². The summed E-state index contributed by atoms with van der Waals surface area (Å²) in [5, 5.41) is 8.80. The first-order valence-corrected chi connectivity index (χ1v) is 4.89. The lowest BCUT2D eigenvalue weighted by Gasteiger charge is -2.04. The summed E-state index contributed by atoms with van der Waals surface area (Å²) in [6.45, 7) is 1.99. The van der Waals surface area contributed by atoms with Gasteiger partial charge in [-0.2, -0.15) is 0 Å². The van der Waals surface area contributed by atoms with Gasteiger partial charge in [0.05, 0.1) is 11.7 Å². The zero-order valence-corrected chi connectivity index (χ0v) is 8.59. The van der Waals surface area contributed by atoms with Crippen LogP contribution in [0.4, 0.5) is 0 Å². The minimum Gasteiger partial charge on any atom is -0.396 e. The topological polar surface area (TPSA) is 76.4 Å². The molecule has 1 unspecified atom stereocenters. The second kappa shape index (κ2) is 3.96. The normalized spacial score (nSPS) is 13.3. The molecule has 0 saturated carbocycles. The highest BCUT2D eigenvalue weighted by molar-refractivity contribution is 5.39. The van der Waals surface area contributed by atoms with Gasteiger partial charge in [0, 0.05) is 19.0 Å². The van der Waals surface area contributed by atoms with Crippen LogP contribution in [0.15, 0.2) is 18.5 Å². The fourth-order valence-electron chi connectivity index (χ4n) is 1.53. The van der Waals surface area contributed by atoms with Crippen molar-refractivity contribution < 1.29 is 5.11 Å². The van der Waals surface area contributed by atoms with E-state index in [0.717, 1.165) is 17.2 Å². The van der Waals surface area contributed by atoms with Gasteiger partial charge >= 0.3 is 0 Å². The van der Waals surface area contributed by atoms with Crippen LogP contribution in [0.5, 0.6) is 0 Å². The van der Waals surface area contributed by atoms with Crippen molar-refractivity contribution in [2.45, 2.75) is 19.4 Å². The van der Waals surface area contributed by atoms with E-state index in [9.17, 15) is 0 Å². The van der Waals surface area contributed by atoms with Gasteiger partial charge in [0.25, 0.3) is 0 Å². The number of rotatable bonds is 3. The quantitative estimate of drug-likeness (QED) is 0.763. The largest absolute Gasteiger partial charge is 0.396 e. The summed E-state index contributed by atoms with van der Waals surface area (Å²) in [4.78, 5) is 8.54. The van der Waals surface area contributed by atoms with E-state index < -0.39 is 0 Å². The summed E-state index contributed by atoms with van der Waals surface area (Å²) < 4.78 is 1.90. The van der Waals surface area contributed by atoms with E-state index in [1.165, 1.54) is 0 Å². The number of hydrogen-bond acceptors (Lipinski definition) is 4. The minimum atomic E-state index is -0.214. The highest BCUT2D eigenvalue weighted by Crippen LogP contribution is 2.14. The summed E-state index contributed by atoms with van der Waals surface area (Å²) in [5.41, 5.74) is 7.49. The molecule has 2 rings (SSSR count). The Kier molecular flexibility index (Phi) is 2.66. The minimum absolute atomic E-state index is 0.0757. The van der Waals surface area contributed by atoms with Crippen LogP contribution in [0.3, 0.4) is 0 Å². The van der Waals surface area contributed by atoms with E-state index in [1.807, 2.05) is 23.6 Å². The van der Waals surface area contributed by atoms with E-state index >= 15 is 0 Å². The molecule has 0 aromatic carbocycles. The third kappa shape index (κ3) is 1.84. The van der Waals surface area contributed by atoms with E-state index in [0.29, 0.717) is 6.42 Å². The summed E-state index contributed by atoms with van der Waals surface area (Å²) in [6.07, 6.45) is 4.12. The Balaban J connectivity index is 2.43. The summed E-state index contributed by atoms with van der Waals surface area (Å²) in [6, 6.07) is 1.62. The molecule has 2 aromatic heterocycles. The summed E-state index contributed by atoms with van der Waals surface area (Å²) >= 11 is 0. The van der Waals surface area contributed by atoms with Crippen LogP contribution in [0.2, 0.25) is 0 Å². The maximum atomic E-state index is 8.80. The zero-order valence-electron chi connectivity index (χ0n) is 8.59. The Hall–Kier alpha value is -1.46. The van der Waals surface area contributed by atoms with Crippen LogP contribution < -0.4 is 5.73 Å². The first kappa shape index (κ1) is 10.1.